The molecule has 0 amide bonds. The minimum Gasteiger partial charge on any atom is -0.378 e. The van der Waals surface area contributed by atoms with E-state index < -0.39 is 10.5 Å². The average Bonchev–Trinajstić information content (AvgIpc) is 2.75. The lowest BCUT2D eigenvalue weighted by molar-refractivity contribution is -0.384. The number of non-ortho nitro benzene ring substituents is 1. The fourth-order valence-electron chi connectivity index (χ4n) is 2.96. The quantitative estimate of drug-likeness (QED) is 0.397. The summed E-state index contributed by atoms with van der Waals surface area (Å²) in [7, 11) is 0. The Morgan fingerprint density at radius 3 is 2.62 bits per heavy atom. The minimum absolute atomic E-state index is 0.0217. The SMILES string of the molecule is O=c1c(Cl)c(NCc2cccc3cccnc23)cnn1-c1ccc([N+](=O)[O-])cc1. The van der Waals surface area contributed by atoms with Crippen LogP contribution in [0.25, 0.3) is 16.6 Å². The number of halogens is 1. The fraction of sp³-hybridized carbons (Fsp3) is 0.0500. The number of anilines is 1. The molecule has 0 aliphatic carbocycles. The highest BCUT2D eigenvalue weighted by atomic mass is 35.5. The zero-order valence-corrected chi connectivity index (χ0v) is 15.7. The number of para-hydroxylation sites is 1. The van der Waals surface area contributed by atoms with Gasteiger partial charge in [0.1, 0.15) is 5.02 Å². The standard InChI is InChI=1S/C20H14ClN5O3/c21-18-17(23-11-14-4-1-3-13-5-2-10-22-19(13)14)12-24-25(20(18)27)15-6-8-16(9-7-15)26(28)29/h1-10,12,23H,11H2. The Kier molecular flexibility index (Phi) is 4.92. The van der Waals surface area contributed by atoms with Gasteiger partial charge in [-0.25, -0.2) is 0 Å². The molecule has 0 saturated heterocycles. The van der Waals surface area contributed by atoms with Gasteiger partial charge >= 0.3 is 0 Å². The van der Waals surface area contributed by atoms with E-state index in [9.17, 15) is 14.9 Å². The van der Waals surface area contributed by atoms with E-state index in [1.165, 1.54) is 30.5 Å². The third-order valence-corrected chi connectivity index (χ3v) is 4.77. The van der Waals surface area contributed by atoms with Gasteiger partial charge in [-0.3, -0.25) is 19.9 Å². The molecule has 29 heavy (non-hydrogen) atoms. The van der Waals surface area contributed by atoms with Crippen LogP contribution in [0.1, 0.15) is 5.56 Å². The van der Waals surface area contributed by atoms with Gasteiger partial charge in [-0.2, -0.15) is 9.78 Å². The van der Waals surface area contributed by atoms with Gasteiger partial charge in [0.2, 0.25) is 0 Å². The number of hydrogen-bond donors (Lipinski definition) is 1. The van der Waals surface area contributed by atoms with Gasteiger partial charge in [-0.05, 0) is 23.8 Å². The second-order valence-electron chi connectivity index (χ2n) is 6.21. The van der Waals surface area contributed by atoms with Crippen LogP contribution in [-0.2, 0) is 6.54 Å². The van der Waals surface area contributed by atoms with Crippen LogP contribution in [-0.4, -0.2) is 19.7 Å². The Morgan fingerprint density at radius 2 is 1.86 bits per heavy atom. The first-order valence-electron chi connectivity index (χ1n) is 8.64. The van der Waals surface area contributed by atoms with Crippen molar-refractivity contribution in [2.45, 2.75) is 6.54 Å². The molecule has 2 aromatic carbocycles. The van der Waals surface area contributed by atoms with Gasteiger partial charge in [-0.1, -0.05) is 35.9 Å². The highest BCUT2D eigenvalue weighted by Crippen LogP contribution is 2.21. The smallest absolute Gasteiger partial charge is 0.292 e. The van der Waals surface area contributed by atoms with E-state index in [1.54, 1.807) is 6.20 Å². The molecule has 1 N–H and O–H groups in total. The van der Waals surface area contributed by atoms with Gasteiger partial charge in [0.05, 0.1) is 28.0 Å². The lowest BCUT2D eigenvalue weighted by atomic mass is 10.1. The maximum absolute atomic E-state index is 12.6. The lowest BCUT2D eigenvalue weighted by Gasteiger charge is -2.11. The second-order valence-corrected chi connectivity index (χ2v) is 6.59. The molecule has 0 unspecified atom stereocenters. The summed E-state index contributed by atoms with van der Waals surface area (Å²) in [5, 5.41) is 19.0. The number of fused-ring (bicyclic) bond motifs is 1. The molecule has 2 aromatic heterocycles. The molecule has 0 radical (unpaired) electrons. The van der Waals surface area contributed by atoms with E-state index >= 15 is 0 Å². The van der Waals surface area contributed by atoms with Gasteiger partial charge < -0.3 is 5.32 Å². The summed E-state index contributed by atoms with van der Waals surface area (Å²) < 4.78 is 1.09. The number of nitrogens with zero attached hydrogens (tertiary/aromatic N) is 4. The zero-order chi connectivity index (χ0) is 20.4. The van der Waals surface area contributed by atoms with Crippen molar-refractivity contribution in [3.8, 4) is 5.69 Å². The van der Waals surface area contributed by atoms with E-state index in [4.69, 9.17) is 11.6 Å². The van der Waals surface area contributed by atoms with Crippen LogP contribution in [0.15, 0.2) is 71.8 Å². The highest BCUT2D eigenvalue weighted by molar-refractivity contribution is 6.32. The van der Waals surface area contributed by atoms with Crippen LogP contribution < -0.4 is 10.9 Å². The number of rotatable bonds is 5. The first-order valence-corrected chi connectivity index (χ1v) is 9.01. The molecule has 0 atom stereocenters. The number of benzene rings is 2. The largest absolute Gasteiger partial charge is 0.378 e. The Balaban J connectivity index is 1.60. The van der Waals surface area contributed by atoms with Crippen molar-refractivity contribution in [1.29, 1.82) is 0 Å². The van der Waals surface area contributed by atoms with Crippen LogP contribution in [0.5, 0.6) is 0 Å². The molecule has 0 fully saturated rings. The zero-order valence-electron chi connectivity index (χ0n) is 14.9. The summed E-state index contributed by atoms with van der Waals surface area (Å²) in [4.78, 5) is 27.3. The molecule has 0 bridgehead atoms. The van der Waals surface area contributed by atoms with Crippen molar-refractivity contribution >= 4 is 33.9 Å². The Hall–Kier alpha value is -3.78. The van der Waals surface area contributed by atoms with E-state index in [-0.39, 0.29) is 10.7 Å². The summed E-state index contributed by atoms with van der Waals surface area (Å²) in [6.07, 6.45) is 3.18. The maximum Gasteiger partial charge on any atom is 0.292 e. The van der Waals surface area contributed by atoms with Crippen LogP contribution in [0.3, 0.4) is 0 Å². The van der Waals surface area contributed by atoms with Crippen molar-refractivity contribution in [3.63, 3.8) is 0 Å². The molecule has 2 heterocycles. The number of nitro groups is 1. The van der Waals surface area contributed by atoms with Gasteiger partial charge in [-0.15, -0.1) is 0 Å². The Labute approximate surface area is 169 Å². The first-order chi connectivity index (χ1) is 14.0. The summed E-state index contributed by atoms with van der Waals surface area (Å²) >= 11 is 6.25. The van der Waals surface area contributed by atoms with Crippen molar-refractivity contribution in [1.82, 2.24) is 14.8 Å². The normalized spacial score (nSPS) is 10.8. The summed E-state index contributed by atoms with van der Waals surface area (Å²) in [5.74, 6) is 0. The predicted molar refractivity (Wildman–Crippen MR) is 111 cm³/mol. The minimum atomic E-state index is -0.526. The van der Waals surface area contributed by atoms with Crippen LogP contribution >= 0.6 is 11.6 Å². The van der Waals surface area contributed by atoms with Crippen molar-refractivity contribution in [2.24, 2.45) is 0 Å². The van der Waals surface area contributed by atoms with E-state index in [2.05, 4.69) is 15.4 Å². The number of nitrogens with one attached hydrogen (secondary N) is 1. The van der Waals surface area contributed by atoms with E-state index in [0.717, 1.165) is 21.1 Å². The number of aromatic nitrogens is 3. The molecule has 0 saturated carbocycles. The molecule has 144 valence electrons. The third kappa shape index (κ3) is 3.65. The molecule has 0 aliphatic heterocycles. The van der Waals surface area contributed by atoms with Crippen molar-refractivity contribution in [2.75, 3.05) is 5.32 Å². The van der Waals surface area contributed by atoms with Crippen LogP contribution in [0.4, 0.5) is 11.4 Å². The fourth-order valence-corrected chi connectivity index (χ4v) is 3.15. The molecule has 4 rings (SSSR count). The van der Waals surface area contributed by atoms with Crippen LogP contribution in [0, 0.1) is 10.1 Å². The van der Waals surface area contributed by atoms with Gasteiger partial charge in [0.15, 0.2) is 0 Å². The van der Waals surface area contributed by atoms with Crippen molar-refractivity contribution in [3.05, 3.63) is 98.0 Å². The maximum atomic E-state index is 12.6. The first kappa shape index (κ1) is 18.6. The molecule has 9 heteroatoms. The van der Waals surface area contributed by atoms with Crippen molar-refractivity contribution < 1.29 is 4.92 Å². The number of nitro benzene ring substituents is 1. The predicted octanol–water partition coefficient (Wildman–Crippen LogP) is 3.95. The van der Waals surface area contributed by atoms with E-state index in [0.29, 0.717) is 17.9 Å². The topological polar surface area (TPSA) is 103 Å². The monoisotopic (exact) mass is 407 g/mol. The second kappa shape index (κ2) is 7.69. The average molecular weight is 408 g/mol. The Bertz CT molecular complexity index is 1270. The molecular formula is C20H14ClN5O3. The molecule has 0 spiro atoms. The number of hydrogen-bond acceptors (Lipinski definition) is 6. The van der Waals surface area contributed by atoms with Gasteiger partial charge in [0.25, 0.3) is 11.2 Å². The Morgan fingerprint density at radius 1 is 1.10 bits per heavy atom. The molecule has 4 aromatic rings. The number of pyridine rings is 1. The molecule has 0 aliphatic rings. The molecular weight excluding hydrogens is 394 g/mol. The highest BCUT2D eigenvalue weighted by Gasteiger charge is 2.12. The van der Waals surface area contributed by atoms with Gasteiger partial charge in [0, 0.05) is 30.3 Å². The van der Waals surface area contributed by atoms with Crippen LogP contribution in [0.2, 0.25) is 5.02 Å². The summed E-state index contributed by atoms with van der Waals surface area (Å²) in [6.45, 7) is 0.413. The molecule has 8 nitrogen and oxygen atoms in total. The lowest BCUT2D eigenvalue weighted by Crippen LogP contribution is -2.22. The summed E-state index contributed by atoms with van der Waals surface area (Å²) in [6, 6.07) is 15.2. The summed E-state index contributed by atoms with van der Waals surface area (Å²) in [5.41, 5.74) is 2.00. The third-order valence-electron chi connectivity index (χ3n) is 4.41. The van der Waals surface area contributed by atoms with E-state index in [1.807, 2.05) is 30.3 Å².